The summed E-state index contributed by atoms with van der Waals surface area (Å²) < 4.78 is 0. The Bertz CT molecular complexity index is 354. The van der Waals surface area contributed by atoms with Gasteiger partial charge in [0, 0.05) is 0 Å². The first-order valence-corrected chi connectivity index (χ1v) is 4.07. The van der Waals surface area contributed by atoms with Crippen molar-refractivity contribution >= 4 is 46.5 Å². The quantitative estimate of drug-likeness (QED) is 0.530. The third kappa shape index (κ3) is 1.71. The molecule has 2 N–H and O–H groups in total. The molecule has 1 heterocycles. The summed E-state index contributed by atoms with van der Waals surface area (Å²) in [7, 11) is 0. The smallest absolute Gasteiger partial charge is 0.350 e. The van der Waals surface area contributed by atoms with E-state index >= 15 is 0 Å². The number of carboxylic acids is 2. The topological polar surface area (TPSA) is 99.3 Å². The van der Waals surface area contributed by atoms with E-state index in [9.17, 15) is 9.59 Å². The van der Waals surface area contributed by atoms with Crippen molar-refractivity contribution in [2.45, 2.75) is 11.0 Å². The number of alkyl halides is 1. The molecule has 0 amide bonds. The number of nitrogens with zero attached hydrogens (tertiary/aromatic N) is 2. The Morgan fingerprint density at radius 2 is 2.07 bits per heavy atom. The first-order valence-electron chi connectivity index (χ1n) is 3.31. The number of carboxylic acid groups (broad SMARTS) is 2. The van der Waals surface area contributed by atoms with Gasteiger partial charge in [-0.15, -0.1) is 0 Å². The van der Waals surface area contributed by atoms with Crippen LogP contribution in [0.1, 0.15) is 0 Å². The summed E-state index contributed by atoms with van der Waals surface area (Å²) in [5, 5.41) is 17.1. The fourth-order valence-corrected chi connectivity index (χ4v) is 1.35. The average molecular weight is 239 g/mol. The second-order valence-corrected chi connectivity index (χ2v) is 3.40. The van der Waals surface area contributed by atoms with Crippen LogP contribution in [-0.2, 0) is 9.59 Å². The zero-order chi connectivity index (χ0) is 10.9. The van der Waals surface area contributed by atoms with E-state index in [1.807, 2.05) is 0 Å². The molecule has 1 aliphatic heterocycles. The van der Waals surface area contributed by atoms with Crippen molar-refractivity contribution in [2.75, 3.05) is 0 Å². The van der Waals surface area contributed by atoms with Gasteiger partial charge in [0.1, 0.15) is 5.17 Å². The predicted molar refractivity (Wildman–Crippen MR) is 49.4 cm³/mol. The minimum atomic E-state index is -2.36. The van der Waals surface area contributed by atoms with E-state index < -0.39 is 23.0 Å². The predicted octanol–water partition coefficient (Wildman–Crippen LogP) is 0.181. The van der Waals surface area contributed by atoms with Gasteiger partial charge in [-0.25, -0.2) is 14.6 Å². The van der Waals surface area contributed by atoms with E-state index in [-0.39, 0.29) is 5.17 Å². The Labute approximate surface area is 87.9 Å². The van der Waals surface area contributed by atoms with Gasteiger partial charge >= 0.3 is 11.9 Å². The molecule has 0 aromatic carbocycles. The number of carbonyl (C=O) groups is 2. The second-order valence-electron chi connectivity index (χ2n) is 2.43. The maximum atomic E-state index is 10.7. The molecule has 1 rings (SSSR count). The van der Waals surface area contributed by atoms with E-state index in [4.69, 9.17) is 33.4 Å². The minimum absolute atomic E-state index is 0.250. The van der Waals surface area contributed by atoms with Gasteiger partial charge in [0.25, 0.3) is 5.00 Å². The molecular formula is C6H4Cl2N2O4. The average Bonchev–Trinajstić information content (AvgIpc) is 2.02. The van der Waals surface area contributed by atoms with Crippen molar-refractivity contribution in [2.24, 2.45) is 9.98 Å². The fraction of sp³-hybridized carbons (Fsp3) is 0.333. The summed E-state index contributed by atoms with van der Waals surface area (Å²) in [6.45, 7) is 0. The van der Waals surface area contributed by atoms with Crippen LogP contribution in [0.25, 0.3) is 0 Å². The zero-order valence-corrected chi connectivity index (χ0v) is 8.03. The normalized spacial score (nSPS) is 31.0. The van der Waals surface area contributed by atoms with Crippen LogP contribution < -0.4 is 0 Å². The first-order chi connectivity index (χ1) is 6.38. The van der Waals surface area contributed by atoms with Crippen LogP contribution in [-0.4, -0.2) is 44.6 Å². The largest absolute Gasteiger partial charge is 0.480 e. The molecule has 8 heteroatoms. The monoisotopic (exact) mass is 238 g/mol. The molecule has 1 aliphatic rings. The molecule has 0 fully saturated rings. The molecule has 0 spiro atoms. The Kier molecular flexibility index (Phi) is 2.77. The maximum Gasteiger partial charge on any atom is 0.350 e. The summed E-state index contributed by atoms with van der Waals surface area (Å²) in [6.07, 6.45) is 0.948. The first kappa shape index (κ1) is 10.9. The van der Waals surface area contributed by atoms with Crippen LogP contribution in [0, 0.1) is 0 Å². The number of rotatable bonds is 2. The lowest BCUT2D eigenvalue weighted by molar-refractivity contribution is -0.147. The van der Waals surface area contributed by atoms with Gasteiger partial charge in [0.2, 0.25) is 0 Å². The van der Waals surface area contributed by atoms with Gasteiger partial charge in [-0.3, -0.25) is 4.99 Å². The molecule has 0 aromatic rings. The van der Waals surface area contributed by atoms with Crippen molar-refractivity contribution in [3.05, 3.63) is 0 Å². The van der Waals surface area contributed by atoms with Gasteiger partial charge in [-0.2, -0.15) is 0 Å². The highest BCUT2D eigenvalue weighted by Gasteiger charge is 2.50. The Morgan fingerprint density at radius 1 is 1.50 bits per heavy atom. The molecule has 0 aromatic heterocycles. The lowest BCUT2D eigenvalue weighted by atomic mass is 10.1. The number of halogens is 2. The highest BCUT2D eigenvalue weighted by molar-refractivity contribution is 6.80. The van der Waals surface area contributed by atoms with Crippen LogP contribution in [0.5, 0.6) is 0 Å². The van der Waals surface area contributed by atoms with Crippen molar-refractivity contribution in [3.8, 4) is 0 Å². The molecular weight excluding hydrogens is 235 g/mol. The summed E-state index contributed by atoms with van der Waals surface area (Å²) >= 11 is 10.9. The van der Waals surface area contributed by atoms with E-state index in [1.54, 1.807) is 0 Å². The van der Waals surface area contributed by atoms with Crippen LogP contribution in [0.15, 0.2) is 9.98 Å². The molecule has 0 radical (unpaired) electrons. The molecule has 6 nitrogen and oxygen atoms in total. The second kappa shape index (κ2) is 3.55. The molecule has 2 unspecified atom stereocenters. The third-order valence-corrected chi connectivity index (χ3v) is 2.13. The summed E-state index contributed by atoms with van der Waals surface area (Å²) in [4.78, 5) is 25.7. The van der Waals surface area contributed by atoms with Crippen LogP contribution in [0.3, 0.4) is 0 Å². The number of hydrogen-bond donors (Lipinski definition) is 2. The molecule has 2 atom stereocenters. The lowest BCUT2D eigenvalue weighted by Crippen LogP contribution is -2.48. The van der Waals surface area contributed by atoms with Crippen molar-refractivity contribution in [3.63, 3.8) is 0 Å². The van der Waals surface area contributed by atoms with Crippen LogP contribution >= 0.6 is 23.2 Å². The van der Waals surface area contributed by atoms with Crippen LogP contribution in [0.2, 0.25) is 0 Å². The van der Waals surface area contributed by atoms with Crippen molar-refractivity contribution in [1.29, 1.82) is 0 Å². The standard InChI is InChI=1S/C6H4Cl2N2O4/c7-2-1-9-3(4(11)12)6(8,10-2)5(13)14/h1,3H,(H,11,12)(H,13,14). The molecule has 0 saturated heterocycles. The van der Waals surface area contributed by atoms with Crippen LogP contribution in [0.4, 0.5) is 0 Å². The Balaban J connectivity index is 3.17. The van der Waals surface area contributed by atoms with E-state index in [1.165, 1.54) is 0 Å². The number of aliphatic imine (C=N–C) groups is 2. The molecule has 0 bridgehead atoms. The molecule has 76 valence electrons. The van der Waals surface area contributed by atoms with Gasteiger partial charge in [-0.1, -0.05) is 23.2 Å². The van der Waals surface area contributed by atoms with Gasteiger partial charge in [-0.05, 0) is 0 Å². The lowest BCUT2D eigenvalue weighted by Gasteiger charge is -2.24. The fourth-order valence-electron chi connectivity index (χ4n) is 0.872. The summed E-state index contributed by atoms with van der Waals surface area (Å²) in [5.41, 5.74) is 0. The maximum absolute atomic E-state index is 10.7. The zero-order valence-electron chi connectivity index (χ0n) is 6.52. The Morgan fingerprint density at radius 3 is 2.50 bits per heavy atom. The Hall–Kier alpha value is -1.14. The number of aliphatic carboxylic acids is 2. The van der Waals surface area contributed by atoms with Gasteiger partial charge in [0.15, 0.2) is 6.04 Å². The van der Waals surface area contributed by atoms with E-state index in [0.717, 1.165) is 6.21 Å². The number of hydrogen-bond acceptors (Lipinski definition) is 4. The minimum Gasteiger partial charge on any atom is -0.480 e. The third-order valence-electron chi connectivity index (χ3n) is 1.50. The summed E-state index contributed by atoms with van der Waals surface area (Å²) in [6, 6.07) is -1.68. The van der Waals surface area contributed by atoms with Gasteiger partial charge < -0.3 is 10.2 Å². The van der Waals surface area contributed by atoms with E-state index in [2.05, 4.69) is 9.98 Å². The summed E-state index contributed by atoms with van der Waals surface area (Å²) in [5.74, 6) is -3.09. The van der Waals surface area contributed by atoms with Crippen molar-refractivity contribution < 1.29 is 19.8 Å². The highest BCUT2D eigenvalue weighted by Crippen LogP contribution is 2.28. The molecule has 14 heavy (non-hydrogen) atoms. The van der Waals surface area contributed by atoms with Gasteiger partial charge in [0.05, 0.1) is 6.21 Å². The van der Waals surface area contributed by atoms with Crippen molar-refractivity contribution in [1.82, 2.24) is 0 Å². The SMILES string of the molecule is O=C(O)C1N=CC(Cl)=NC1(Cl)C(=O)O. The highest BCUT2D eigenvalue weighted by atomic mass is 35.5. The molecule has 0 aliphatic carbocycles. The molecule has 0 saturated carbocycles. The van der Waals surface area contributed by atoms with E-state index in [0.29, 0.717) is 0 Å².